The Labute approximate surface area is 199 Å². The average Bonchev–Trinajstić information content (AvgIpc) is 3.37. The summed E-state index contributed by atoms with van der Waals surface area (Å²) in [6.07, 6.45) is 1.73. The first-order valence-corrected chi connectivity index (χ1v) is 12.7. The Bertz CT molecular complexity index is 1150. The van der Waals surface area contributed by atoms with Gasteiger partial charge in [0.2, 0.25) is 15.9 Å². The lowest BCUT2D eigenvalue weighted by atomic mass is 10.1. The van der Waals surface area contributed by atoms with Gasteiger partial charge in [-0.05, 0) is 37.1 Å². The van der Waals surface area contributed by atoms with E-state index in [0.717, 1.165) is 22.7 Å². The lowest BCUT2D eigenvalue weighted by Gasteiger charge is -2.27. The van der Waals surface area contributed by atoms with Crippen LogP contribution in [-0.2, 0) is 26.1 Å². The Morgan fingerprint density at radius 2 is 2.06 bits per heavy atom. The Balaban J connectivity index is 1.61. The second kappa shape index (κ2) is 10.5. The zero-order valence-corrected chi connectivity index (χ0v) is 19.9. The first-order valence-electron chi connectivity index (χ1n) is 11.3. The Morgan fingerprint density at radius 1 is 1.24 bits per heavy atom. The summed E-state index contributed by atoms with van der Waals surface area (Å²) >= 11 is 0. The van der Waals surface area contributed by atoms with Crippen LogP contribution in [0.2, 0.25) is 0 Å². The van der Waals surface area contributed by atoms with E-state index in [9.17, 15) is 18.0 Å². The molecule has 0 bridgehead atoms. The summed E-state index contributed by atoms with van der Waals surface area (Å²) in [4.78, 5) is 27.0. The quantitative estimate of drug-likeness (QED) is 0.607. The predicted octanol–water partition coefficient (Wildman–Crippen LogP) is 1.64. The molecule has 182 valence electrons. The Hall–Kier alpha value is -2.95. The second-order valence-corrected chi connectivity index (χ2v) is 10.3. The summed E-state index contributed by atoms with van der Waals surface area (Å²) in [6, 6.07) is 13.5. The number of benzene rings is 2. The molecular formula is C24H29N3O6S. The summed E-state index contributed by atoms with van der Waals surface area (Å²) in [5, 5.41) is 2.62. The number of rotatable bonds is 8. The molecule has 2 aromatic carbocycles. The van der Waals surface area contributed by atoms with Crippen molar-refractivity contribution in [3.63, 3.8) is 0 Å². The highest BCUT2D eigenvalue weighted by atomic mass is 32.2. The Morgan fingerprint density at radius 3 is 2.79 bits per heavy atom. The molecule has 9 nitrogen and oxygen atoms in total. The molecule has 2 aliphatic heterocycles. The monoisotopic (exact) mass is 487 g/mol. The summed E-state index contributed by atoms with van der Waals surface area (Å²) < 4.78 is 38.6. The fourth-order valence-electron chi connectivity index (χ4n) is 4.23. The lowest BCUT2D eigenvalue weighted by Crippen LogP contribution is -2.49. The third-order valence-electron chi connectivity index (χ3n) is 6.01. The molecule has 0 aromatic heterocycles. The summed E-state index contributed by atoms with van der Waals surface area (Å²) in [5.41, 5.74) is 1.11. The summed E-state index contributed by atoms with van der Waals surface area (Å²) in [5.74, 6) is 0.0313. The molecule has 4 rings (SSSR count). The van der Waals surface area contributed by atoms with Gasteiger partial charge < -0.3 is 19.7 Å². The minimum Gasteiger partial charge on any atom is -0.496 e. The number of hydrogen-bond donors (Lipinski definition) is 1. The third kappa shape index (κ3) is 5.40. The van der Waals surface area contributed by atoms with Crippen molar-refractivity contribution in [2.24, 2.45) is 0 Å². The number of nitrogens with zero attached hydrogens (tertiary/aromatic N) is 2. The SMILES string of the molecule is COc1ccccc1CN(CC1CCCO1)C(=O)c1cccc(S(=O)(=O)N2CCNC(=O)C2)c1. The molecular weight excluding hydrogens is 458 g/mol. The molecule has 0 aliphatic carbocycles. The molecule has 34 heavy (non-hydrogen) atoms. The van der Waals surface area contributed by atoms with Gasteiger partial charge in [0.05, 0.1) is 24.7 Å². The highest BCUT2D eigenvalue weighted by Gasteiger charge is 2.30. The van der Waals surface area contributed by atoms with Gasteiger partial charge in [0.25, 0.3) is 5.91 Å². The highest BCUT2D eigenvalue weighted by molar-refractivity contribution is 7.89. The minimum atomic E-state index is -3.91. The van der Waals surface area contributed by atoms with Gasteiger partial charge in [-0.25, -0.2) is 8.42 Å². The van der Waals surface area contributed by atoms with E-state index in [0.29, 0.717) is 25.4 Å². The fourth-order valence-corrected chi connectivity index (χ4v) is 5.68. The first-order chi connectivity index (χ1) is 16.4. The normalized spacial score (nSPS) is 19.0. The van der Waals surface area contributed by atoms with Crippen LogP contribution in [0, 0.1) is 0 Å². The topological polar surface area (TPSA) is 105 Å². The number of sulfonamides is 1. The molecule has 0 saturated carbocycles. The van der Waals surface area contributed by atoms with Gasteiger partial charge in [0.1, 0.15) is 5.75 Å². The minimum absolute atomic E-state index is 0.0117. The number of methoxy groups -OCH3 is 1. The summed E-state index contributed by atoms with van der Waals surface area (Å²) in [7, 11) is -2.33. The number of carbonyl (C=O) groups excluding carboxylic acids is 2. The average molecular weight is 488 g/mol. The van der Waals surface area contributed by atoms with Crippen LogP contribution in [0.3, 0.4) is 0 Å². The van der Waals surface area contributed by atoms with Crippen molar-refractivity contribution in [1.29, 1.82) is 0 Å². The maximum absolute atomic E-state index is 13.6. The van der Waals surface area contributed by atoms with Gasteiger partial charge in [-0.15, -0.1) is 0 Å². The maximum atomic E-state index is 13.6. The van der Waals surface area contributed by atoms with Gasteiger partial charge in [0, 0.05) is 43.9 Å². The van der Waals surface area contributed by atoms with E-state index in [-0.39, 0.29) is 48.0 Å². The van der Waals surface area contributed by atoms with Gasteiger partial charge in [-0.1, -0.05) is 24.3 Å². The van der Waals surface area contributed by atoms with Crippen molar-refractivity contribution < 1.29 is 27.5 Å². The van der Waals surface area contributed by atoms with Crippen LogP contribution in [0.15, 0.2) is 53.4 Å². The van der Waals surface area contributed by atoms with Gasteiger partial charge >= 0.3 is 0 Å². The fraction of sp³-hybridized carbons (Fsp3) is 0.417. The van der Waals surface area contributed by atoms with Crippen LogP contribution in [-0.4, -0.2) is 75.4 Å². The molecule has 1 atom stereocenters. The molecule has 2 saturated heterocycles. The highest BCUT2D eigenvalue weighted by Crippen LogP contribution is 2.24. The third-order valence-corrected chi connectivity index (χ3v) is 7.85. The van der Waals surface area contributed by atoms with Gasteiger partial charge in [-0.3, -0.25) is 9.59 Å². The summed E-state index contributed by atoms with van der Waals surface area (Å²) in [6.45, 7) is 1.56. The number of ether oxygens (including phenoxy) is 2. The molecule has 1 N–H and O–H groups in total. The molecule has 0 spiro atoms. The van der Waals surface area contributed by atoms with Crippen molar-refractivity contribution in [3.05, 3.63) is 59.7 Å². The zero-order chi connectivity index (χ0) is 24.1. The van der Waals surface area contributed by atoms with Crippen LogP contribution in [0.1, 0.15) is 28.8 Å². The van der Waals surface area contributed by atoms with Gasteiger partial charge in [-0.2, -0.15) is 4.31 Å². The van der Waals surface area contributed by atoms with E-state index in [1.165, 1.54) is 12.1 Å². The van der Waals surface area contributed by atoms with E-state index in [1.54, 1.807) is 24.1 Å². The standard InChI is InChI=1S/C24H29N3O6S/c1-32-22-10-3-2-6-19(22)15-26(16-20-8-5-13-33-20)24(29)18-7-4-9-21(14-18)34(30,31)27-12-11-25-23(28)17-27/h2-4,6-7,9-10,14,20H,5,8,11-13,15-17H2,1H3,(H,25,28). The van der Waals surface area contributed by atoms with Crippen LogP contribution in [0.25, 0.3) is 0 Å². The molecule has 2 fully saturated rings. The van der Waals surface area contributed by atoms with Crippen molar-refractivity contribution in [2.75, 3.05) is 39.9 Å². The van der Waals surface area contributed by atoms with Crippen molar-refractivity contribution >= 4 is 21.8 Å². The molecule has 2 heterocycles. The molecule has 1 unspecified atom stereocenters. The number of nitrogens with one attached hydrogen (secondary N) is 1. The second-order valence-electron chi connectivity index (χ2n) is 8.35. The number of amides is 2. The van der Waals surface area contributed by atoms with E-state index in [1.807, 2.05) is 24.3 Å². The van der Waals surface area contributed by atoms with Crippen LogP contribution in [0.4, 0.5) is 0 Å². The van der Waals surface area contributed by atoms with Crippen LogP contribution < -0.4 is 10.1 Å². The molecule has 2 aromatic rings. The van der Waals surface area contributed by atoms with E-state index in [2.05, 4.69) is 5.32 Å². The van der Waals surface area contributed by atoms with Gasteiger partial charge in [0.15, 0.2) is 0 Å². The van der Waals surface area contributed by atoms with E-state index >= 15 is 0 Å². The van der Waals surface area contributed by atoms with Crippen molar-refractivity contribution in [1.82, 2.24) is 14.5 Å². The molecule has 0 radical (unpaired) electrons. The number of carbonyl (C=O) groups is 2. The van der Waals surface area contributed by atoms with E-state index < -0.39 is 10.0 Å². The maximum Gasteiger partial charge on any atom is 0.254 e. The van der Waals surface area contributed by atoms with Crippen LogP contribution >= 0.6 is 0 Å². The number of piperazine rings is 1. The smallest absolute Gasteiger partial charge is 0.254 e. The van der Waals surface area contributed by atoms with Crippen molar-refractivity contribution in [2.45, 2.75) is 30.4 Å². The lowest BCUT2D eigenvalue weighted by molar-refractivity contribution is -0.122. The Kier molecular flexibility index (Phi) is 7.50. The first kappa shape index (κ1) is 24.2. The molecule has 10 heteroatoms. The predicted molar refractivity (Wildman–Crippen MR) is 125 cm³/mol. The van der Waals surface area contributed by atoms with E-state index in [4.69, 9.17) is 9.47 Å². The van der Waals surface area contributed by atoms with Crippen LogP contribution in [0.5, 0.6) is 5.75 Å². The van der Waals surface area contributed by atoms with Crippen molar-refractivity contribution in [3.8, 4) is 5.75 Å². The largest absolute Gasteiger partial charge is 0.496 e. The zero-order valence-electron chi connectivity index (χ0n) is 19.1. The number of hydrogen-bond acceptors (Lipinski definition) is 6. The molecule has 2 amide bonds. The number of para-hydroxylation sites is 1. The molecule has 2 aliphatic rings.